The van der Waals surface area contributed by atoms with Crippen LogP contribution in [0.1, 0.15) is 35.3 Å². The van der Waals surface area contributed by atoms with Gasteiger partial charge in [-0.15, -0.1) is 0 Å². The lowest BCUT2D eigenvalue weighted by molar-refractivity contribution is -0.140. The monoisotopic (exact) mass is 586 g/mol. The van der Waals surface area contributed by atoms with Crippen LogP contribution >= 0.6 is 15.9 Å². The third-order valence-electron chi connectivity index (χ3n) is 5.94. The Kier molecular flexibility index (Phi) is 8.19. The SMILES string of the molecule is CCOc1ccc(Br)cc1S(=O)(=O)Nc1ccc(C(=O)OC(C)C(=O)N2CCc3ccccc3C2)cc1. The van der Waals surface area contributed by atoms with Gasteiger partial charge in [-0.2, -0.15) is 0 Å². The van der Waals surface area contributed by atoms with Crippen LogP contribution in [0.4, 0.5) is 5.69 Å². The smallest absolute Gasteiger partial charge is 0.338 e. The van der Waals surface area contributed by atoms with Crippen LogP contribution in [0.2, 0.25) is 0 Å². The number of nitrogens with one attached hydrogen (secondary N) is 1. The van der Waals surface area contributed by atoms with Crippen molar-refractivity contribution in [1.29, 1.82) is 0 Å². The summed E-state index contributed by atoms with van der Waals surface area (Å²) in [5.41, 5.74) is 2.77. The van der Waals surface area contributed by atoms with Gasteiger partial charge in [-0.05, 0) is 73.9 Å². The number of hydrogen-bond donors (Lipinski definition) is 1. The maximum absolute atomic E-state index is 13.0. The number of halogens is 1. The molecule has 10 heteroatoms. The van der Waals surface area contributed by atoms with Crippen molar-refractivity contribution < 1.29 is 27.5 Å². The zero-order valence-electron chi connectivity index (χ0n) is 20.4. The fourth-order valence-corrected chi connectivity index (χ4v) is 5.81. The molecule has 8 nitrogen and oxygen atoms in total. The van der Waals surface area contributed by atoms with Crippen LogP contribution in [0.5, 0.6) is 5.75 Å². The van der Waals surface area contributed by atoms with E-state index < -0.39 is 22.1 Å². The number of esters is 1. The van der Waals surface area contributed by atoms with Gasteiger partial charge in [-0.3, -0.25) is 9.52 Å². The average Bonchev–Trinajstić information content (AvgIpc) is 2.89. The van der Waals surface area contributed by atoms with E-state index >= 15 is 0 Å². The number of benzene rings is 3. The summed E-state index contributed by atoms with van der Waals surface area (Å²) >= 11 is 3.29. The average molecular weight is 587 g/mol. The zero-order chi connectivity index (χ0) is 26.6. The first kappa shape index (κ1) is 26.7. The number of sulfonamides is 1. The molecule has 0 spiro atoms. The molecule has 1 N–H and O–H groups in total. The molecule has 194 valence electrons. The lowest BCUT2D eigenvalue weighted by Crippen LogP contribution is -2.42. The topological polar surface area (TPSA) is 102 Å². The van der Waals surface area contributed by atoms with E-state index in [2.05, 4.69) is 26.7 Å². The molecule has 0 aromatic heterocycles. The molecule has 1 aliphatic rings. The molecule has 0 saturated heterocycles. The molecule has 0 aliphatic carbocycles. The highest BCUT2D eigenvalue weighted by Gasteiger charge is 2.27. The van der Waals surface area contributed by atoms with E-state index in [9.17, 15) is 18.0 Å². The molecule has 0 bridgehead atoms. The van der Waals surface area contributed by atoms with E-state index in [0.29, 0.717) is 24.2 Å². The van der Waals surface area contributed by atoms with Gasteiger partial charge in [0.25, 0.3) is 15.9 Å². The number of carbonyl (C=O) groups excluding carboxylic acids is 2. The first-order valence-electron chi connectivity index (χ1n) is 11.8. The summed E-state index contributed by atoms with van der Waals surface area (Å²) in [5, 5.41) is 0. The Morgan fingerprint density at radius 3 is 2.46 bits per heavy atom. The van der Waals surface area contributed by atoms with Crippen LogP contribution in [-0.4, -0.2) is 44.4 Å². The third kappa shape index (κ3) is 6.31. The number of amides is 1. The second-order valence-corrected chi connectivity index (χ2v) is 11.1. The van der Waals surface area contributed by atoms with Gasteiger partial charge in [0, 0.05) is 23.2 Å². The molecule has 4 rings (SSSR count). The predicted octanol–water partition coefficient (Wildman–Crippen LogP) is 4.78. The number of fused-ring (bicyclic) bond motifs is 1. The Morgan fingerprint density at radius 2 is 1.76 bits per heavy atom. The first-order chi connectivity index (χ1) is 17.7. The molecule has 3 aromatic carbocycles. The van der Waals surface area contributed by atoms with Crippen LogP contribution in [-0.2, 0) is 32.5 Å². The third-order valence-corrected chi connectivity index (χ3v) is 7.84. The lowest BCUT2D eigenvalue weighted by atomic mass is 9.99. The second kappa shape index (κ2) is 11.4. The van der Waals surface area contributed by atoms with Crippen LogP contribution in [0.25, 0.3) is 0 Å². The number of ether oxygens (including phenoxy) is 2. The number of nitrogens with zero attached hydrogens (tertiary/aromatic N) is 1. The summed E-state index contributed by atoms with van der Waals surface area (Å²) in [7, 11) is -3.96. The van der Waals surface area contributed by atoms with Crippen molar-refractivity contribution in [3.05, 3.63) is 87.9 Å². The van der Waals surface area contributed by atoms with Crippen molar-refractivity contribution in [3.8, 4) is 5.75 Å². The molecule has 0 radical (unpaired) electrons. The normalized spacial score (nSPS) is 13.9. The van der Waals surface area contributed by atoms with Crippen LogP contribution in [0.15, 0.2) is 76.1 Å². The van der Waals surface area contributed by atoms with Gasteiger partial charge in [-0.25, -0.2) is 13.2 Å². The fourth-order valence-electron chi connectivity index (χ4n) is 4.07. The summed E-state index contributed by atoms with van der Waals surface area (Å²) < 4.78 is 39.9. The summed E-state index contributed by atoms with van der Waals surface area (Å²) in [6, 6.07) is 18.5. The Hall–Kier alpha value is -3.37. The van der Waals surface area contributed by atoms with Gasteiger partial charge in [0.15, 0.2) is 6.10 Å². The summed E-state index contributed by atoms with van der Waals surface area (Å²) in [5.74, 6) is -0.695. The molecule has 1 unspecified atom stereocenters. The van der Waals surface area contributed by atoms with Crippen LogP contribution in [0.3, 0.4) is 0 Å². The summed E-state index contributed by atoms with van der Waals surface area (Å²) in [6.07, 6.45) is -0.198. The molecular formula is C27H27BrN2O6S. The molecule has 37 heavy (non-hydrogen) atoms. The molecule has 1 heterocycles. The van der Waals surface area contributed by atoms with E-state index in [0.717, 1.165) is 12.0 Å². The highest BCUT2D eigenvalue weighted by molar-refractivity contribution is 9.10. The van der Waals surface area contributed by atoms with E-state index in [1.54, 1.807) is 30.9 Å². The fraction of sp³-hybridized carbons (Fsp3) is 0.259. The van der Waals surface area contributed by atoms with Crippen LogP contribution in [0, 0.1) is 0 Å². The molecular weight excluding hydrogens is 560 g/mol. The lowest BCUT2D eigenvalue weighted by Gasteiger charge is -2.30. The maximum atomic E-state index is 13.0. The maximum Gasteiger partial charge on any atom is 0.338 e. The number of rotatable bonds is 8. The Labute approximate surface area is 224 Å². The predicted molar refractivity (Wildman–Crippen MR) is 143 cm³/mol. The van der Waals surface area contributed by atoms with Gasteiger partial charge < -0.3 is 14.4 Å². The van der Waals surface area contributed by atoms with Crippen molar-refractivity contribution in [2.24, 2.45) is 0 Å². The van der Waals surface area contributed by atoms with Gasteiger partial charge in [0.1, 0.15) is 10.6 Å². The molecule has 1 atom stereocenters. The van der Waals surface area contributed by atoms with Crippen LogP contribution < -0.4 is 9.46 Å². The standard InChI is InChI=1S/C27H27BrN2O6S/c1-3-35-24-13-10-22(28)16-25(24)37(33,34)29-23-11-8-20(9-12-23)27(32)36-18(2)26(31)30-15-14-19-6-4-5-7-21(19)17-30/h4-13,16,18,29H,3,14-15,17H2,1-2H3. The summed E-state index contributed by atoms with van der Waals surface area (Å²) in [6.45, 7) is 4.68. The van der Waals surface area contributed by atoms with E-state index in [1.807, 2.05) is 18.2 Å². The van der Waals surface area contributed by atoms with Crippen molar-refractivity contribution >= 4 is 43.5 Å². The largest absolute Gasteiger partial charge is 0.492 e. The number of carbonyl (C=O) groups is 2. The molecule has 0 saturated carbocycles. The minimum atomic E-state index is -3.96. The van der Waals surface area contributed by atoms with Crippen molar-refractivity contribution in [2.75, 3.05) is 17.9 Å². The first-order valence-corrected chi connectivity index (χ1v) is 14.1. The zero-order valence-corrected chi connectivity index (χ0v) is 22.8. The molecule has 0 fully saturated rings. The minimum absolute atomic E-state index is 0.0140. The molecule has 1 amide bonds. The summed E-state index contributed by atoms with van der Waals surface area (Å²) in [4.78, 5) is 27.2. The van der Waals surface area contributed by atoms with Crippen molar-refractivity contribution in [1.82, 2.24) is 4.90 Å². The molecule has 1 aliphatic heterocycles. The second-order valence-electron chi connectivity index (χ2n) is 8.53. The van der Waals surface area contributed by atoms with E-state index in [-0.39, 0.29) is 27.8 Å². The van der Waals surface area contributed by atoms with Gasteiger partial charge in [0.2, 0.25) is 0 Å². The van der Waals surface area contributed by atoms with Crippen molar-refractivity contribution in [2.45, 2.75) is 37.8 Å². The number of anilines is 1. The highest BCUT2D eigenvalue weighted by Crippen LogP contribution is 2.29. The highest BCUT2D eigenvalue weighted by atomic mass is 79.9. The Balaban J connectivity index is 1.39. The Bertz CT molecular complexity index is 1410. The number of hydrogen-bond acceptors (Lipinski definition) is 6. The van der Waals surface area contributed by atoms with Gasteiger partial charge in [-0.1, -0.05) is 40.2 Å². The Morgan fingerprint density at radius 1 is 1.05 bits per heavy atom. The molecule has 3 aromatic rings. The van der Waals surface area contributed by atoms with Crippen molar-refractivity contribution in [3.63, 3.8) is 0 Å². The minimum Gasteiger partial charge on any atom is -0.492 e. The quantitative estimate of drug-likeness (QED) is 0.381. The van der Waals surface area contributed by atoms with E-state index in [4.69, 9.17) is 9.47 Å². The van der Waals surface area contributed by atoms with Gasteiger partial charge in [0.05, 0.1) is 12.2 Å². The van der Waals surface area contributed by atoms with E-state index in [1.165, 1.54) is 35.9 Å². The van der Waals surface area contributed by atoms with Gasteiger partial charge >= 0.3 is 5.97 Å².